The van der Waals surface area contributed by atoms with Crippen LogP contribution in [-0.4, -0.2) is 10.7 Å². The lowest BCUT2D eigenvalue weighted by atomic mass is 10.8. The summed E-state index contributed by atoms with van der Waals surface area (Å²) in [6.07, 6.45) is 0. The average Bonchev–Trinajstić information content (AvgIpc) is 1.36. The van der Waals surface area contributed by atoms with Gasteiger partial charge in [-0.15, -0.1) is 0 Å². The molecule has 0 saturated heterocycles. The van der Waals surface area contributed by atoms with E-state index in [1.165, 1.54) is 0 Å². The molecule has 34 valence electrons. The molecule has 0 aromatic carbocycles. The van der Waals surface area contributed by atoms with E-state index in [4.69, 9.17) is 4.79 Å². The Morgan fingerprint density at radius 1 is 1.50 bits per heavy atom. The van der Waals surface area contributed by atoms with Crippen molar-refractivity contribution >= 4 is 26.7 Å². The summed E-state index contributed by atoms with van der Waals surface area (Å²) >= 11 is 2.08. The highest BCUT2D eigenvalue weighted by Crippen LogP contribution is 1.84. The number of carbonyl (C=O) groups is 2. The fraction of sp³-hybridized carbons (Fsp3) is 0. The molecule has 0 aliphatic rings. The van der Waals surface area contributed by atoms with E-state index in [0.29, 0.717) is 0 Å². The minimum Gasteiger partial charge on any atom is -0.274 e. The molecule has 0 fully saturated rings. The third-order valence-corrected chi connectivity index (χ3v) is 0.466. The minimum atomic E-state index is -1.96. The molecule has 0 amide bonds. The van der Waals surface area contributed by atoms with Gasteiger partial charge in [-0.05, 0) is 0 Å². The van der Waals surface area contributed by atoms with Gasteiger partial charge < -0.3 is 0 Å². The Morgan fingerprint density at radius 2 is 1.67 bits per heavy atom. The van der Waals surface area contributed by atoms with Gasteiger partial charge in [-0.25, -0.2) is 0 Å². The maximum Gasteiger partial charge on any atom is 0.379 e. The fourth-order valence-corrected chi connectivity index (χ4v) is 0. The Balaban J connectivity index is 3.57. The monoisotopic (exact) mass is 154 g/mol. The molecule has 0 N–H and O–H groups in total. The van der Waals surface area contributed by atoms with Crippen molar-refractivity contribution in [1.29, 1.82) is 0 Å². The molecular formula is C2BrFO2. The molecule has 0 aliphatic carbocycles. The predicted octanol–water partition coefficient (Wildman–Crippen LogP) is 0.404. The van der Waals surface area contributed by atoms with Crippen LogP contribution in [0.4, 0.5) is 4.39 Å². The number of rotatable bonds is 1. The molecule has 0 rings (SSSR count). The largest absolute Gasteiger partial charge is 0.379 e. The summed E-state index contributed by atoms with van der Waals surface area (Å²) in [6, 6.07) is -1.96. The summed E-state index contributed by atoms with van der Waals surface area (Å²) in [6.45, 7) is 0. The van der Waals surface area contributed by atoms with Crippen LogP contribution in [0.3, 0.4) is 0 Å². The van der Waals surface area contributed by atoms with E-state index in [9.17, 15) is 9.18 Å². The van der Waals surface area contributed by atoms with Crippen molar-refractivity contribution in [2.75, 3.05) is 0 Å². The van der Waals surface area contributed by atoms with E-state index >= 15 is 0 Å². The number of hydrogen-bond donors (Lipinski definition) is 0. The van der Waals surface area contributed by atoms with E-state index < -0.39 is 10.7 Å². The third-order valence-electron chi connectivity index (χ3n) is 0.155. The van der Waals surface area contributed by atoms with Crippen LogP contribution >= 0.6 is 15.9 Å². The van der Waals surface area contributed by atoms with Gasteiger partial charge in [0.05, 0.1) is 0 Å². The summed E-state index contributed by atoms with van der Waals surface area (Å²) in [5.74, 6) is 0. The van der Waals surface area contributed by atoms with Crippen molar-refractivity contribution < 1.29 is 14.0 Å². The van der Waals surface area contributed by atoms with Gasteiger partial charge >= 0.3 is 6.04 Å². The van der Waals surface area contributed by atoms with Gasteiger partial charge in [-0.3, -0.25) is 9.59 Å². The van der Waals surface area contributed by atoms with Crippen LogP contribution in [0, 0.1) is 0 Å². The van der Waals surface area contributed by atoms with Gasteiger partial charge in [0.1, 0.15) is 0 Å². The first-order valence-electron chi connectivity index (χ1n) is 1.04. The highest BCUT2D eigenvalue weighted by molar-refractivity contribution is 9.19. The van der Waals surface area contributed by atoms with Crippen LogP contribution in [0.1, 0.15) is 0 Å². The van der Waals surface area contributed by atoms with Crippen molar-refractivity contribution in [3.8, 4) is 0 Å². The molecule has 6 heavy (non-hydrogen) atoms. The molecule has 2 nitrogen and oxygen atoms in total. The molecule has 4 heteroatoms. The molecule has 0 spiro atoms. The fourth-order valence-electron chi connectivity index (χ4n) is 0. The van der Waals surface area contributed by atoms with E-state index in [-0.39, 0.29) is 0 Å². The first kappa shape index (κ1) is 5.75. The van der Waals surface area contributed by atoms with Gasteiger partial charge in [0, 0.05) is 15.9 Å². The zero-order valence-corrected chi connectivity index (χ0v) is 4.16. The van der Waals surface area contributed by atoms with Crippen molar-refractivity contribution in [2.45, 2.75) is 0 Å². The SMILES string of the molecule is O=C(F)C(=O)Br. The molecule has 0 atom stereocenters. The second-order valence-electron chi connectivity index (χ2n) is 0.547. The van der Waals surface area contributed by atoms with Crippen LogP contribution in [0.15, 0.2) is 0 Å². The standard InChI is InChI=1S/C2BrFO2/c3-1(5)2(4)6. The minimum absolute atomic E-state index is 1.23. The molecule has 0 heterocycles. The Labute approximate surface area is 41.5 Å². The lowest BCUT2D eigenvalue weighted by molar-refractivity contribution is -0.138. The third kappa shape index (κ3) is 2.02. The maximum atomic E-state index is 10.8. The summed E-state index contributed by atoms with van der Waals surface area (Å²) in [5.41, 5.74) is 0. The highest BCUT2D eigenvalue weighted by Gasteiger charge is 2.03. The summed E-state index contributed by atoms with van der Waals surface area (Å²) < 4.78 is 9.55. The molecule has 0 aliphatic heterocycles. The van der Waals surface area contributed by atoms with E-state index in [1.807, 2.05) is 0 Å². The number of carbonyl (C=O) groups excluding carboxylic acids is 2. The summed E-state index contributed by atoms with van der Waals surface area (Å²) in [5, 5.41) is 0. The zero-order valence-electron chi connectivity index (χ0n) is 2.57. The number of hydrogen-bond acceptors (Lipinski definition) is 2. The number of halogens is 2. The Hall–Kier alpha value is -0.250. The quantitative estimate of drug-likeness (QED) is 0.405. The normalized spacial score (nSPS) is 7.67. The van der Waals surface area contributed by atoms with Crippen molar-refractivity contribution in [1.82, 2.24) is 0 Å². The van der Waals surface area contributed by atoms with Gasteiger partial charge in [0.2, 0.25) is 0 Å². The van der Waals surface area contributed by atoms with E-state index in [0.717, 1.165) is 0 Å². The van der Waals surface area contributed by atoms with Crippen LogP contribution < -0.4 is 0 Å². The summed E-state index contributed by atoms with van der Waals surface area (Å²) in [4.78, 5) is 18.4. The first-order chi connectivity index (χ1) is 2.64. The first-order valence-corrected chi connectivity index (χ1v) is 1.83. The molecule has 0 radical (unpaired) electrons. The summed E-state index contributed by atoms with van der Waals surface area (Å²) in [7, 11) is 0. The molecular weight excluding hydrogens is 155 g/mol. The van der Waals surface area contributed by atoms with Gasteiger partial charge in [0.25, 0.3) is 4.69 Å². The van der Waals surface area contributed by atoms with Crippen LogP contribution in [0.5, 0.6) is 0 Å². The van der Waals surface area contributed by atoms with Gasteiger partial charge in [0.15, 0.2) is 0 Å². The lowest BCUT2D eigenvalue weighted by Gasteiger charge is -1.65. The average molecular weight is 155 g/mol. The van der Waals surface area contributed by atoms with Crippen LogP contribution in [0.25, 0.3) is 0 Å². The van der Waals surface area contributed by atoms with Crippen LogP contribution in [-0.2, 0) is 9.59 Å². The second-order valence-corrected chi connectivity index (χ2v) is 1.27. The molecule has 0 aromatic rings. The molecule has 0 unspecified atom stereocenters. The zero-order chi connectivity index (χ0) is 5.15. The van der Waals surface area contributed by atoms with E-state index in [2.05, 4.69) is 15.9 Å². The maximum absolute atomic E-state index is 10.8. The van der Waals surface area contributed by atoms with Gasteiger partial charge in [-0.1, -0.05) is 0 Å². The van der Waals surface area contributed by atoms with Crippen molar-refractivity contribution in [2.24, 2.45) is 0 Å². The highest BCUT2D eigenvalue weighted by atomic mass is 79.9. The van der Waals surface area contributed by atoms with Crippen LogP contribution in [0.2, 0.25) is 0 Å². The molecule has 0 aromatic heterocycles. The van der Waals surface area contributed by atoms with Gasteiger partial charge in [-0.2, -0.15) is 4.39 Å². The Bertz CT molecular complexity index is 77.5. The lowest BCUT2D eigenvalue weighted by Crippen LogP contribution is -1.95. The molecule has 0 bridgehead atoms. The Kier molecular flexibility index (Phi) is 1.94. The molecule has 0 saturated carbocycles. The smallest absolute Gasteiger partial charge is 0.274 e. The van der Waals surface area contributed by atoms with E-state index in [1.54, 1.807) is 0 Å². The second kappa shape index (κ2) is 2.02. The van der Waals surface area contributed by atoms with Crippen molar-refractivity contribution in [3.63, 3.8) is 0 Å². The topological polar surface area (TPSA) is 34.1 Å². The Morgan fingerprint density at radius 3 is 1.67 bits per heavy atom. The predicted molar refractivity (Wildman–Crippen MR) is 20.0 cm³/mol. The van der Waals surface area contributed by atoms with Crippen molar-refractivity contribution in [3.05, 3.63) is 0 Å².